The van der Waals surface area contributed by atoms with Crippen molar-refractivity contribution in [1.82, 2.24) is 5.32 Å². The minimum Gasteiger partial charge on any atom is -0.469 e. The van der Waals surface area contributed by atoms with Gasteiger partial charge in [-0.1, -0.05) is 27.7 Å². The van der Waals surface area contributed by atoms with E-state index >= 15 is 0 Å². The molecule has 19 heavy (non-hydrogen) atoms. The van der Waals surface area contributed by atoms with Gasteiger partial charge in [0.2, 0.25) is 0 Å². The largest absolute Gasteiger partial charge is 0.469 e. The molecule has 1 rings (SSSR count). The molecule has 0 saturated carbocycles. The molecule has 0 spiro atoms. The number of hydrogen-bond donors (Lipinski definition) is 1. The predicted octanol–water partition coefficient (Wildman–Crippen LogP) is 3.24. The Morgan fingerprint density at radius 2 is 2.00 bits per heavy atom. The number of rotatable bonds is 7. The highest BCUT2D eigenvalue weighted by Crippen LogP contribution is 2.25. The molecule has 0 aliphatic rings. The minimum absolute atomic E-state index is 0.178. The molecule has 4 heteroatoms. The van der Waals surface area contributed by atoms with Crippen LogP contribution < -0.4 is 5.32 Å². The zero-order chi connectivity index (χ0) is 14.5. The van der Waals surface area contributed by atoms with Gasteiger partial charge >= 0.3 is 5.97 Å². The summed E-state index contributed by atoms with van der Waals surface area (Å²) in [5.74, 6) is 0.473. The number of methoxy groups -OCH3 is 1. The van der Waals surface area contributed by atoms with Gasteiger partial charge in [-0.3, -0.25) is 4.79 Å². The number of hydrogen-bond acceptors (Lipinski definition) is 4. The Morgan fingerprint density at radius 1 is 1.37 bits per heavy atom. The minimum atomic E-state index is -0.178. The summed E-state index contributed by atoms with van der Waals surface area (Å²) in [6.07, 6.45) is 0.374. The summed E-state index contributed by atoms with van der Waals surface area (Å²) in [6, 6.07) is 4.09. The Morgan fingerprint density at radius 3 is 2.58 bits per heavy atom. The fraction of sp³-hybridized carbons (Fsp3) is 0.667. The first-order valence-electron chi connectivity index (χ1n) is 6.70. The lowest BCUT2D eigenvalue weighted by Crippen LogP contribution is -2.32. The highest BCUT2D eigenvalue weighted by molar-refractivity contribution is 7.12. The predicted molar refractivity (Wildman–Crippen MR) is 80.4 cm³/mol. The van der Waals surface area contributed by atoms with Gasteiger partial charge in [-0.2, -0.15) is 0 Å². The summed E-state index contributed by atoms with van der Waals surface area (Å²) < 4.78 is 4.67. The summed E-state index contributed by atoms with van der Waals surface area (Å²) in [5, 5.41) is 3.50. The van der Waals surface area contributed by atoms with E-state index < -0.39 is 0 Å². The summed E-state index contributed by atoms with van der Waals surface area (Å²) in [5.41, 5.74) is 0.298. The Labute approximate surface area is 120 Å². The Hall–Kier alpha value is -0.870. The molecule has 0 aliphatic carbocycles. The maximum atomic E-state index is 11.2. The summed E-state index contributed by atoms with van der Waals surface area (Å²) in [4.78, 5) is 13.5. The van der Waals surface area contributed by atoms with Crippen LogP contribution in [0, 0.1) is 11.3 Å². The van der Waals surface area contributed by atoms with Crippen LogP contribution in [0.15, 0.2) is 12.1 Å². The standard InChI is InChI=1S/C15H25NO2S/c1-11(2)15(3,4)10-16-9-13-7-6-12(19-13)8-14(17)18-5/h6-7,11,16H,8-10H2,1-5H3. The molecule has 0 amide bonds. The maximum Gasteiger partial charge on any atom is 0.310 e. The molecule has 1 N–H and O–H groups in total. The van der Waals surface area contributed by atoms with Crippen molar-refractivity contribution in [3.63, 3.8) is 0 Å². The Kier molecular flexibility index (Phi) is 6.01. The maximum absolute atomic E-state index is 11.2. The van der Waals surface area contributed by atoms with E-state index in [0.717, 1.165) is 18.0 Å². The fourth-order valence-corrected chi connectivity index (χ4v) is 2.51. The molecular weight excluding hydrogens is 258 g/mol. The average molecular weight is 283 g/mol. The topological polar surface area (TPSA) is 38.3 Å². The number of thiophene rings is 1. The average Bonchev–Trinajstić information content (AvgIpc) is 2.76. The van der Waals surface area contributed by atoms with Crippen molar-refractivity contribution in [2.45, 2.75) is 40.7 Å². The molecule has 0 saturated heterocycles. The van der Waals surface area contributed by atoms with Gasteiger partial charge in [0.1, 0.15) is 0 Å². The molecule has 1 aromatic rings. The third-order valence-electron chi connectivity index (χ3n) is 3.71. The molecule has 0 radical (unpaired) electrons. The van der Waals surface area contributed by atoms with Crippen LogP contribution in [0.4, 0.5) is 0 Å². The van der Waals surface area contributed by atoms with Gasteiger partial charge in [0.15, 0.2) is 0 Å². The van der Waals surface area contributed by atoms with E-state index in [-0.39, 0.29) is 5.97 Å². The van der Waals surface area contributed by atoms with E-state index in [9.17, 15) is 4.79 Å². The molecule has 0 aromatic carbocycles. The van der Waals surface area contributed by atoms with Crippen LogP contribution in [-0.4, -0.2) is 19.6 Å². The van der Waals surface area contributed by atoms with Crippen LogP contribution in [0.5, 0.6) is 0 Å². The van der Waals surface area contributed by atoms with E-state index in [1.807, 2.05) is 6.07 Å². The first-order chi connectivity index (χ1) is 8.85. The van der Waals surface area contributed by atoms with Crippen molar-refractivity contribution in [2.75, 3.05) is 13.7 Å². The number of esters is 1. The molecule has 1 aromatic heterocycles. The van der Waals surface area contributed by atoms with Gasteiger partial charge in [-0.15, -0.1) is 11.3 Å². The van der Waals surface area contributed by atoms with Gasteiger partial charge in [0, 0.05) is 22.8 Å². The highest BCUT2D eigenvalue weighted by Gasteiger charge is 2.21. The summed E-state index contributed by atoms with van der Waals surface area (Å²) >= 11 is 1.67. The Bertz CT molecular complexity index is 410. The molecule has 0 atom stereocenters. The van der Waals surface area contributed by atoms with Crippen molar-refractivity contribution >= 4 is 17.3 Å². The van der Waals surface area contributed by atoms with Crippen LogP contribution in [0.3, 0.4) is 0 Å². The van der Waals surface area contributed by atoms with Crippen molar-refractivity contribution in [3.05, 3.63) is 21.9 Å². The van der Waals surface area contributed by atoms with Crippen molar-refractivity contribution in [1.29, 1.82) is 0 Å². The quantitative estimate of drug-likeness (QED) is 0.781. The number of carbonyl (C=O) groups is 1. The van der Waals surface area contributed by atoms with Crippen LogP contribution in [0.1, 0.15) is 37.4 Å². The zero-order valence-electron chi connectivity index (χ0n) is 12.6. The second-order valence-electron chi connectivity index (χ2n) is 5.87. The van der Waals surface area contributed by atoms with Crippen LogP contribution in [0.25, 0.3) is 0 Å². The van der Waals surface area contributed by atoms with Crippen molar-refractivity contribution < 1.29 is 9.53 Å². The van der Waals surface area contributed by atoms with Gasteiger partial charge in [0.25, 0.3) is 0 Å². The molecular formula is C15H25NO2S. The van der Waals surface area contributed by atoms with Gasteiger partial charge < -0.3 is 10.1 Å². The first kappa shape index (κ1) is 16.2. The summed E-state index contributed by atoms with van der Waals surface area (Å²) in [6.45, 7) is 10.9. The normalized spacial score (nSPS) is 11.9. The molecule has 0 unspecified atom stereocenters. The molecule has 3 nitrogen and oxygen atoms in total. The smallest absolute Gasteiger partial charge is 0.310 e. The van der Waals surface area contributed by atoms with Gasteiger partial charge in [-0.25, -0.2) is 0 Å². The third kappa shape index (κ3) is 5.33. The van der Waals surface area contributed by atoms with Crippen molar-refractivity contribution in [3.8, 4) is 0 Å². The monoisotopic (exact) mass is 283 g/mol. The van der Waals surface area contributed by atoms with Gasteiger partial charge in [0.05, 0.1) is 13.5 Å². The molecule has 0 fully saturated rings. The SMILES string of the molecule is COC(=O)Cc1ccc(CNCC(C)(C)C(C)C)s1. The van der Waals surface area contributed by atoms with E-state index in [1.54, 1.807) is 11.3 Å². The number of ether oxygens (including phenoxy) is 1. The first-order valence-corrected chi connectivity index (χ1v) is 7.52. The van der Waals surface area contributed by atoms with E-state index in [2.05, 4.69) is 43.8 Å². The van der Waals surface area contributed by atoms with E-state index in [4.69, 9.17) is 0 Å². The lowest BCUT2D eigenvalue weighted by molar-refractivity contribution is -0.139. The lowest BCUT2D eigenvalue weighted by Gasteiger charge is -2.29. The second kappa shape index (κ2) is 7.06. The van der Waals surface area contributed by atoms with Gasteiger partial charge in [-0.05, 0) is 23.5 Å². The third-order valence-corrected chi connectivity index (χ3v) is 4.79. The number of carbonyl (C=O) groups excluding carboxylic acids is 1. The summed E-state index contributed by atoms with van der Waals surface area (Å²) in [7, 11) is 1.42. The Balaban J connectivity index is 2.40. The molecule has 0 bridgehead atoms. The van der Waals surface area contributed by atoms with E-state index in [1.165, 1.54) is 12.0 Å². The zero-order valence-corrected chi connectivity index (χ0v) is 13.4. The molecule has 0 aliphatic heterocycles. The molecule has 1 heterocycles. The van der Waals surface area contributed by atoms with Crippen LogP contribution in [0.2, 0.25) is 0 Å². The fourth-order valence-electron chi connectivity index (χ4n) is 1.54. The van der Waals surface area contributed by atoms with Crippen LogP contribution in [-0.2, 0) is 22.5 Å². The van der Waals surface area contributed by atoms with Crippen LogP contribution >= 0.6 is 11.3 Å². The highest BCUT2D eigenvalue weighted by atomic mass is 32.1. The molecule has 108 valence electrons. The lowest BCUT2D eigenvalue weighted by atomic mass is 9.81. The van der Waals surface area contributed by atoms with Crippen molar-refractivity contribution in [2.24, 2.45) is 11.3 Å². The van der Waals surface area contributed by atoms with E-state index in [0.29, 0.717) is 17.8 Å². The second-order valence-corrected chi connectivity index (χ2v) is 7.12. The number of nitrogens with one attached hydrogen (secondary N) is 1.